The predicted molar refractivity (Wildman–Crippen MR) is 80.1 cm³/mol. The van der Waals surface area contributed by atoms with Crippen LogP contribution in [0.1, 0.15) is 41.0 Å². The Hall–Kier alpha value is -1.38. The molecule has 0 saturated heterocycles. The molecule has 3 nitrogen and oxygen atoms in total. The van der Waals surface area contributed by atoms with E-state index in [4.69, 9.17) is 4.74 Å². The van der Waals surface area contributed by atoms with Gasteiger partial charge in [0, 0.05) is 18.3 Å². The molecule has 0 fully saturated rings. The molecule has 1 rings (SSSR count). The van der Waals surface area contributed by atoms with Crippen molar-refractivity contribution < 1.29 is 14.3 Å². The number of carbonyl (C=O) groups is 2. The summed E-state index contributed by atoms with van der Waals surface area (Å²) in [6, 6.07) is 0. The fourth-order valence-corrected chi connectivity index (χ4v) is 2.91. The lowest BCUT2D eigenvalue weighted by Crippen LogP contribution is -2.34. The molecule has 3 unspecified atom stereocenters. The van der Waals surface area contributed by atoms with Crippen molar-refractivity contribution in [2.75, 3.05) is 7.11 Å². The van der Waals surface area contributed by atoms with Crippen molar-refractivity contribution in [2.45, 2.75) is 41.0 Å². The third-order valence-corrected chi connectivity index (χ3v) is 4.26. The summed E-state index contributed by atoms with van der Waals surface area (Å²) in [7, 11) is 1.42. The number of methoxy groups -OCH3 is 1. The molecule has 1 aliphatic carbocycles. The molecule has 0 aliphatic heterocycles. The van der Waals surface area contributed by atoms with Crippen LogP contribution in [0.5, 0.6) is 0 Å². The van der Waals surface area contributed by atoms with E-state index in [9.17, 15) is 9.59 Å². The zero-order chi connectivity index (χ0) is 15.5. The lowest BCUT2D eigenvalue weighted by molar-refractivity contribution is -0.152. The number of ketones is 1. The molecule has 20 heavy (non-hydrogen) atoms. The minimum Gasteiger partial charge on any atom is -0.469 e. The Bertz CT molecular complexity index is 443. The zero-order valence-corrected chi connectivity index (χ0v) is 13.4. The Kier molecular flexibility index (Phi) is 5.32. The van der Waals surface area contributed by atoms with Gasteiger partial charge >= 0.3 is 5.97 Å². The normalized spacial score (nSPS) is 24.0. The second-order valence-corrected chi connectivity index (χ2v) is 6.44. The van der Waals surface area contributed by atoms with E-state index in [1.807, 2.05) is 13.8 Å². The van der Waals surface area contributed by atoms with Crippen LogP contribution in [0.3, 0.4) is 0 Å². The van der Waals surface area contributed by atoms with Crippen LogP contribution in [-0.2, 0) is 14.3 Å². The van der Waals surface area contributed by atoms with Gasteiger partial charge in [0.05, 0.1) is 12.5 Å². The quantitative estimate of drug-likeness (QED) is 0.570. The summed E-state index contributed by atoms with van der Waals surface area (Å²) in [4.78, 5) is 23.1. The molecule has 3 heteroatoms. The summed E-state index contributed by atoms with van der Waals surface area (Å²) in [5.41, 5.74) is 0.657. The van der Waals surface area contributed by atoms with Crippen molar-refractivity contribution in [3.8, 4) is 0 Å². The molecule has 0 saturated carbocycles. The molecule has 112 valence electrons. The number of rotatable bonds is 5. The molecular weight excluding hydrogens is 252 g/mol. The summed E-state index contributed by atoms with van der Waals surface area (Å²) in [5, 5.41) is 0. The number of hydrogen-bond donors (Lipinski definition) is 0. The van der Waals surface area contributed by atoms with Crippen molar-refractivity contribution in [2.24, 2.45) is 23.2 Å². The second-order valence-electron chi connectivity index (χ2n) is 6.44. The highest BCUT2D eigenvalue weighted by atomic mass is 16.5. The molecule has 1 aliphatic rings. The van der Waals surface area contributed by atoms with Crippen LogP contribution in [0.25, 0.3) is 0 Å². The summed E-state index contributed by atoms with van der Waals surface area (Å²) in [6.45, 7) is 9.60. The fourth-order valence-electron chi connectivity index (χ4n) is 2.91. The van der Waals surface area contributed by atoms with E-state index in [1.165, 1.54) is 12.7 Å². The van der Waals surface area contributed by atoms with Crippen LogP contribution in [0, 0.1) is 23.2 Å². The van der Waals surface area contributed by atoms with E-state index >= 15 is 0 Å². The number of ether oxygens (including phenoxy) is 1. The summed E-state index contributed by atoms with van der Waals surface area (Å²) < 4.78 is 4.88. The largest absolute Gasteiger partial charge is 0.469 e. The van der Waals surface area contributed by atoms with Gasteiger partial charge in [-0.2, -0.15) is 0 Å². The van der Waals surface area contributed by atoms with E-state index < -0.39 is 5.41 Å². The van der Waals surface area contributed by atoms with Crippen molar-refractivity contribution in [3.63, 3.8) is 0 Å². The highest BCUT2D eigenvalue weighted by Gasteiger charge is 2.37. The molecule has 0 bridgehead atoms. The van der Waals surface area contributed by atoms with Crippen LogP contribution < -0.4 is 0 Å². The van der Waals surface area contributed by atoms with Gasteiger partial charge in [0.1, 0.15) is 5.78 Å². The average molecular weight is 278 g/mol. The molecular formula is C17H26O3. The van der Waals surface area contributed by atoms with E-state index in [2.05, 4.69) is 32.1 Å². The molecule has 0 radical (unpaired) electrons. The van der Waals surface area contributed by atoms with Gasteiger partial charge in [-0.05, 0) is 33.6 Å². The van der Waals surface area contributed by atoms with Crippen molar-refractivity contribution in [1.82, 2.24) is 0 Å². The van der Waals surface area contributed by atoms with Crippen LogP contribution in [0.15, 0.2) is 23.8 Å². The summed E-state index contributed by atoms with van der Waals surface area (Å²) >= 11 is 0. The van der Waals surface area contributed by atoms with Gasteiger partial charge in [-0.25, -0.2) is 0 Å². The second kappa shape index (κ2) is 6.38. The van der Waals surface area contributed by atoms with Gasteiger partial charge in [0.25, 0.3) is 0 Å². The first-order valence-corrected chi connectivity index (χ1v) is 7.14. The lowest BCUT2D eigenvalue weighted by atomic mass is 9.71. The van der Waals surface area contributed by atoms with Gasteiger partial charge in [-0.3, -0.25) is 4.79 Å². The molecule has 0 amide bonds. The molecule has 0 N–H and O–H groups in total. The molecule has 0 aromatic carbocycles. The SMILES string of the molecule is COC(=O)C(C)(C)C1C=CC(C(C)CC(C)=O)C(C)=C1. The van der Waals surface area contributed by atoms with Gasteiger partial charge in [0.15, 0.2) is 0 Å². The van der Waals surface area contributed by atoms with Gasteiger partial charge in [-0.1, -0.05) is 30.7 Å². The van der Waals surface area contributed by atoms with E-state index in [0.29, 0.717) is 12.3 Å². The number of Topliss-reactive ketones (excluding diaryl/α,β-unsaturated/α-hetero) is 1. The van der Waals surface area contributed by atoms with E-state index in [0.717, 1.165) is 0 Å². The van der Waals surface area contributed by atoms with Crippen molar-refractivity contribution in [3.05, 3.63) is 23.8 Å². The van der Waals surface area contributed by atoms with E-state index in [1.54, 1.807) is 6.92 Å². The molecule has 0 aromatic rings. The Morgan fingerprint density at radius 2 is 1.95 bits per heavy atom. The Morgan fingerprint density at radius 3 is 2.40 bits per heavy atom. The molecule has 3 atom stereocenters. The summed E-state index contributed by atoms with van der Waals surface area (Å²) in [6.07, 6.45) is 6.94. The highest BCUT2D eigenvalue weighted by Crippen LogP contribution is 2.38. The highest BCUT2D eigenvalue weighted by molar-refractivity contribution is 5.77. The van der Waals surface area contributed by atoms with Gasteiger partial charge < -0.3 is 9.53 Å². The minimum atomic E-state index is -0.568. The molecule has 0 spiro atoms. The predicted octanol–water partition coefficient (Wildman–Crippen LogP) is 3.55. The fraction of sp³-hybridized carbons (Fsp3) is 0.647. The lowest BCUT2D eigenvalue weighted by Gasteiger charge is -2.33. The summed E-state index contributed by atoms with van der Waals surface area (Å²) in [5.74, 6) is 0.628. The average Bonchev–Trinajstić information content (AvgIpc) is 2.36. The van der Waals surface area contributed by atoms with Gasteiger partial charge in [0.2, 0.25) is 0 Å². The zero-order valence-electron chi connectivity index (χ0n) is 13.4. The first-order valence-electron chi connectivity index (χ1n) is 7.14. The maximum Gasteiger partial charge on any atom is 0.312 e. The monoisotopic (exact) mass is 278 g/mol. The minimum absolute atomic E-state index is 0.0377. The molecule has 0 heterocycles. The Labute approximate surface area is 122 Å². The number of allylic oxidation sites excluding steroid dienone is 4. The van der Waals surface area contributed by atoms with Crippen LogP contribution in [0.2, 0.25) is 0 Å². The number of carbonyl (C=O) groups excluding carboxylic acids is 2. The Morgan fingerprint density at radius 1 is 1.35 bits per heavy atom. The third-order valence-electron chi connectivity index (χ3n) is 4.26. The third kappa shape index (κ3) is 3.59. The maximum atomic E-state index is 11.9. The number of hydrogen-bond acceptors (Lipinski definition) is 3. The van der Waals surface area contributed by atoms with Crippen LogP contribution >= 0.6 is 0 Å². The van der Waals surface area contributed by atoms with Crippen molar-refractivity contribution in [1.29, 1.82) is 0 Å². The Balaban J connectivity index is 2.87. The maximum absolute atomic E-state index is 11.9. The first kappa shape index (κ1) is 16.7. The van der Waals surface area contributed by atoms with E-state index in [-0.39, 0.29) is 23.6 Å². The number of esters is 1. The topological polar surface area (TPSA) is 43.4 Å². The molecule has 0 aromatic heterocycles. The first-order chi connectivity index (χ1) is 9.20. The van der Waals surface area contributed by atoms with Gasteiger partial charge in [-0.15, -0.1) is 0 Å². The van der Waals surface area contributed by atoms with Crippen LogP contribution in [0.4, 0.5) is 0 Å². The standard InChI is InChI=1S/C17H26O3/c1-11(9-13(3)18)15-8-7-14(10-12(15)2)17(4,5)16(19)20-6/h7-8,10-11,14-15H,9H2,1-6H3. The van der Waals surface area contributed by atoms with Crippen LogP contribution in [-0.4, -0.2) is 18.9 Å². The van der Waals surface area contributed by atoms with Crippen molar-refractivity contribution >= 4 is 11.8 Å². The smallest absolute Gasteiger partial charge is 0.312 e.